The van der Waals surface area contributed by atoms with Crippen LogP contribution in [0.4, 0.5) is 0 Å². The van der Waals surface area contributed by atoms with Gasteiger partial charge in [-0.1, -0.05) is 5.92 Å². The molecule has 7 heteroatoms. The Morgan fingerprint density at radius 3 is 2.72 bits per heavy atom. The third-order valence-electron chi connectivity index (χ3n) is 2.99. The first-order chi connectivity index (χ1) is 8.63. The molecule has 0 saturated carbocycles. The molecule has 1 fully saturated rings. The van der Waals surface area contributed by atoms with Crippen LogP contribution in [0.3, 0.4) is 0 Å². The van der Waals surface area contributed by atoms with Gasteiger partial charge in [-0.25, -0.2) is 4.98 Å². The van der Waals surface area contributed by atoms with Crippen molar-refractivity contribution in [1.29, 1.82) is 0 Å². The van der Waals surface area contributed by atoms with Gasteiger partial charge in [0.15, 0.2) is 6.23 Å². The second-order valence-corrected chi connectivity index (χ2v) is 4.02. The van der Waals surface area contributed by atoms with E-state index in [0.717, 1.165) is 0 Å². The van der Waals surface area contributed by atoms with Crippen LogP contribution >= 0.6 is 0 Å². The lowest BCUT2D eigenvalue weighted by atomic mass is 10.1. The lowest BCUT2D eigenvalue weighted by Gasteiger charge is -2.17. The summed E-state index contributed by atoms with van der Waals surface area (Å²) in [5.74, 6) is 2.43. The Labute approximate surface area is 104 Å². The number of aliphatic hydroxyl groups excluding tert-OH is 3. The highest BCUT2D eigenvalue weighted by Gasteiger charge is 2.44. The molecule has 0 aliphatic carbocycles. The number of nitrogens with zero attached hydrogens (tertiary/aromatic N) is 2. The molecule has 1 aromatic heterocycles. The van der Waals surface area contributed by atoms with Crippen molar-refractivity contribution in [2.24, 2.45) is 5.73 Å². The van der Waals surface area contributed by atoms with Crippen LogP contribution in [0.15, 0.2) is 6.33 Å². The van der Waals surface area contributed by atoms with Gasteiger partial charge in [-0.3, -0.25) is 4.57 Å². The van der Waals surface area contributed by atoms with Crippen molar-refractivity contribution in [3.63, 3.8) is 0 Å². The Kier molecular flexibility index (Phi) is 3.65. The van der Waals surface area contributed by atoms with Crippen LogP contribution in [0.1, 0.15) is 17.6 Å². The summed E-state index contributed by atoms with van der Waals surface area (Å²) in [6.45, 7) is -0.222. The third kappa shape index (κ3) is 1.90. The molecule has 0 unspecified atom stereocenters. The Hall–Kier alpha value is -1.43. The van der Waals surface area contributed by atoms with Gasteiger partial charge in [-0.15, -0.1) is 6.42 Å². The van der Waals surface area contributed by atoms with Crippen molar-refractivity contribution in [3.05, 3.63) is 17.7 Å². The molecule has 2 heterocycles. The fourth-order valence-electron chi connectivity index (χ4n) is 2.01. The molecule has 0 amide bonds. The second-order valence-electron chi connectivity index (χ2n) is 4.02. The number of hydrogen-bond donors (Lipinski definition) is 4. The Morgan fingerprint density at radius 2 is 2.22 bits per heavy atom. The summed E-state index contributed by atoms with van der Waals surface area (Å²) in [5.41, 5.74) is 6.39. The first-order valence-corrected chi connectivity index (χ1v) is 5.48. The van der Waals surface area contributed by atoms with Crippen LogP contribution in [0.25, 0.3) is 0 Å². The predicted octanol–water partition coefficient (Wildman–Crippen LogP) is -2.07. The maximum Gasteiger partial charge on any atom is 0.165 e. The highest BCUT2D eigenvalue weighted by atomic mass is 16.6. The summed E-state index contributed by atoms with van der Waals surface area (Å²) in [6.07, 6.45) is 2.69. The van der Waals surface area contributed by atoms with Crippen LogP contribution in [0.2, 0.25) is 0 Å². The topological polar surface area (TPSA) is 114 Å². The summed E-state index contributed by atoms with van der Waals surface area (Å²) < 4.78 is 6.79. The average molecular weight is 253 g/mol. The molecule has 1 saturated heterocycles. The minimum absolute atomic E-state index is 0.168. The zero-order valence-corrected chi connectivity index (χ0v) is 9.60. The van der Waals surface area contributed by atoms with E-state index >= 15 is 0 Å². The fraction of sp³-hybridized carbons (Fsp3) is 0.545. The summed E-state index contributed by atoms with van der Waals surface area (Å²) in [7, 11) is 0. The van der Waals surface area contributed by atoms with Crippen LogP contribution in [-0.2, 0) is 11.3 Å². The quantitative estimate of drug-likeness (QED) is 0.460. The number of terminal acetylenes is 1. The van der Waals surface area contributed by atoms with Gasteiger partial charge in [0, 0.05) is 6.54 Å². The molecule has 2 rings (SSSR count). The van der Waals surface area contributed by atoms with E-state index in [2.05, 4.69) is 10.9 Å². The number of nitrogens with two attached hydrogens (primary N) is 1. The molecule has 4 atom stereocenters. The molecule has 7 nitrogen and oxygen atoms in total. The van der Waals surface area contributed by atoms with Gasteiger partial charge in [-0.2, -0.15) is 0 Å². The average Bonchev–Trinajstić information content (AvgIpc) is 2.92. The van der Waals surface area contributed by atoms with Gasteiger partial charge in [0.25, 0.3) is 0 Å². The van der Waals surface area contributed by atoms with E-state index in [9.17, 15) is 10.2 Å². The van der Waals surface area contributed by atoms with E-state index in [1.165, 1.54) is 10.9 Å². The first-order valence-electron chi connectivity index (χ1n) is 5.48. The minimum Gasteiger partial charge on any atom is -0.394 e. The zero-order valence-electron chi connectivity index (χ0n) is 9.60. The molecule has 18 heavy (non-hydrogen) atoms. The van der Waals surface area contributed by atoms with E-state index in [1.54, 1.807) is 0 Å². The molecule has 1 aromatic rings. The highest BCUT2D eigenvalue weighted by Crippen LogP contribution is 2.30. The summed E-state index contributed by atoms with van der Waals surface area (Å²) in [4.78, 5) is 4.02. The van der Waals surface area contributed by atoms with Crippen molar-refractivity contribution < 1.29 is 20.1 Å². The molecule has 0 aromatic carbocycles. The van der Waals surface area contributed by atoms with Gasteiger partial charge < -0.3 is 25.8 Å². The number of aromatic nitrogens is 2. The number of rotatable bonds is 3. The molecule has 98 valence electrons. The van der Waals surface area contributed by atoms with E-state index in [0.29, 0.717) is 11.4 Å². The minimum atomic E-state index is -1.19. The first kappa shape index (κ1) is 13.0. The second kappa shape index (κ2) is 5.06. The summed E-state index contributed by atoms with van der Waals surface area (Å²) >= 11 is 0. The van der Waals surface area contributed by atoms with Crippen molar-refractivity contribution in [2.75, 3.05) is 6.61 Å². The van der Waals surface area contributed by atoms with E-state index in [4.69, 9.17) is 22.0 Å². The van der Waals surface area contributed by atoms with Gasteiger partial charge >= 0.3 is 0 Å². The number of ether oxygens (including phenoxy) is 1. The molecule has 1 aliphatic heterocycles. The molecule has 0 spiro atoms. The molecule has 0 radical (unpaired) electrons. The lowest BCUT2D eigenvalue weighted by Crippen LogP contribution is -2.33. The van der Waals surface area contributed by atoms with Gasteiger partial charge in [0.05, 0.1) is 18.6 Å². The molecular formula is C11H15N3O4. The maximum absolute atomic E-state index is 9.88. The Balaban J connectivity index is 2.33. The van der Waals surface area contributed by atoms with Crippen molar-refractivity contribution in [2.45, 2.75) is 31.1 Å². The Bertz CT molecular complexity index is 467. The number of hydrogen-bond acceptors (Lipinski definition) is 6. The molecule has 5 N–H and O–H groups in total. The molecular weight excluding hydrogens is 238 g/mol. The van der Waals surface area contributed by atoms with Crippen molar-refractivity contribution >= 4 is 0 Å². The normalized spacial score (nSPS) is 31.5. The van der Waals surface area contributed by atoms with Crippen LogP contribution in [0.5, 0.6) is 0 Å². The Morgan fingerprint density at radius 1 is 1.50 bits per heavy atom. The fourth-order valence-corrected chi connectivity index (χ4v) is 2.01. The lowest BCUT2D eigenvalue weighted by molar-refractivity contribution is -0.0531. The van der Waals surface area contributed by atoms with Crippen LogP contribution in [0, 0.1) is 12.3 Å². The SMILES string of the molecule is C#Cc1c(CN)ncn1[C@@H]1O[C@H](CO)[C@@H](O)[C@H]1O. The van der Waals surface area contributed by atoms with E-state index in [-0.39, 0.29) is 6.54 Å². The maximum atomic E-state index is 9.88. The van der Waals surface area contributed by atoms with Crippen LogP contribution < -0.4 is 5.73 Å². The van der Waals surface area contributed by atoms with Gasteiger partial charge in [0.1, 0.15) is 24.0 Å². The van der Waals surface area contributed by atoms with Crippen LogP contribution in [-0.4, -0.2) is 49.8 Å². The highest BCUT2D eigenvalue weighted by molar-refractivity contribution is 5.31. The monoisotopic (exact) mass is 253 g/mol. The van der Waals surface area contributed by atoms with Crippen molar-refractivity contribution in [1.82, 2.24) is 9.55 Å². The van der Waals surface area contributed by atoms with E-state index < -0.39 is 31.1 Å². The van der Waals surface area contributed by atoms with E-state index in [1.807, 2.05) is 0 Å². The summed E-state index contributed by atoms with van der Waals surface area (Å²) in [5, 5.41) is 28.6. The smallest absolute Gasteiger partial charge is 0.165 e. The predicted molar refractivity (Wildman–Crippen MR) is 61.1 cm³/mol. The standard InChI is InChI=1S/C11H15N3O4/c1-2-7-6(3-12)13-5-14(7)11-10(17)9(16)8(4-15)18-11/h1,5,8-11,15-17H,3-4,12H2/t8-,9-,10-,11-/m1/s1. The third-order valence-corrected chi connectivity index (χ3v) is 2.99. The zero-order chi connectivity index (χ0) is 13.3. The number of imidazole rings is 1. The summed E-state index contributed by atoms with van der Waals surface area (Å²) in [6, 6.07) is 0. The van der Waals surface area contributed by atoms with Gasteiger partial charge in [-0.05, 0) is 0 Å². The largest absolute Gasteiger partial charge is 0.394 e. The molecule has 1 aliphatic rings. The van der Waals surface area contributed by atoms with Gasteiger partial charge in [0.2, 0.25) is 0 Å². The molecule has 0 bridgehead atoms. The van der Waals surface area contributed by atoms with Crippen molar-refractivity contribution in [3.8, 4) is 12.3 Å². The number of aliphatic hydroxyl groups is 3.